The van der Waals surface area contributed by atoms with Gasteiger partial charge in [0.1, 0.15) is 0 Å². The van der Waals surface area contributed by atoms with E-state index in [0.29, 0.717) is 17.4 Å². The molecule has 1 aromatic heterocycles. The summed E-state index contributed by atoms with van der Waals surface area (Å²) in [6.45, 7) is 0.490. The summed E-state index contributed by atoms with van der Waals surface area (Å²) in [4.78, 5) is 24.2. The quantitative estimate of drug-likeness (QED) is 0.791. The van der Waals surface area contributed by atoms with E-state index in [4.69, 9.17) is 11.6 Å². The molecular formula is C19H18ClN3O3. The summed E-state index contributed by atoms with van der Waals surface area (Å²) in [6.07, 6.45) is 6.38. The molecule has 1 saturated carbocycles. The van der Waals surface area contributed by atoms with Gasteiger partial charge in [0.05, 0.1) is 18.4 Å². The Morgan fingerprint density at radius 1 is 1.19 bits per heavy atom. The highest BCUT2D eigenvalue weighted by molar-refractivity contribution is 6.31. The second kappa shape index (κ2) is 6.61. The number of carboxylic acid groups (broad SMARTS) is 1. The van der Waals surface area contributed by atoms with E-state index in [0.717, 1.165) is 12.0 Å². The molecule has 2 aliphatic rings. The number of amides is 1. The first-order chi connectivity index (χ1) is 12.5. The molecule has 0 aliphatic heterocycles. The van der Waals surface area contributed by atoms with Gasteiger partial charge in [-0.05, 0) is 29.9 Å². The minimum Gasteiger partial charge on any atom is -0.481 e. The molecule has 134 valence electrons. The Hall–Kier alpha value is -2.60. The fourth-order valence-electron chi connectivity index (χ4n) is 4.04. The van der Waals surface area contributed by atoms with Crippen molar-refractivity contribution in [1.29, 1.82) is 0 Å². The molecule has 26 heavy (non-hydrogen) atoms. The van der Waals surface area contributed by atoms with Gasteiger partial charge in [0.15, 0.2) is 5.82 Å². The number of carbonyl (C=O) groups is 2. The van der Waals surface area contributed by atoms with E-state index < -0.39 is 17.8 Å². The fraction of sp³-hybridized carbons (Fsp3) is 0.316. The van der Waals surface area contributed by atoms with Crippen LogP contribution in [0.25, 0.3) is 0 Å². The molecule has 4 atom stereocenters. The maximum atomic E-state index is 12.7. The molecule has 4 rings (SSSR count). The molecule has 2 aromatic rings. The molecule has 0 radical (unpaired) electrons. The number of fused-ring (bicyclic) bond motifs is 2. The molecule has 2 bridgehead atoms. The maximum Gasteiger partial charge on any atom is 0.307 e. The third-order valence-corrected chi connectivity index (χ3v) is 5.60. The number of nitrogens with one attached hydrogen (secondary N) is 1. The summed E-state index contributed by atoms with van der Waals surface area (Å²) >= 11 is 6.16. The van der Waals surface area contributed by atoms with Crippen molar-refractivity contribution in [2.75, 3.05) is 5.32 Å². The number of hydrogen-bond acceptors (Lipinski definition) is 3. The number of nitrogens with zero attached hydrogens (tertiary/aromatic N) is 2. The third kappa shape index (κ3) is 3.01. The Balaban J connectivity index is 1.46. The normalized spacial score (nSPS) is 26.2. The fourth-order valence-corrected chi connectivity index (χ4v) is 4.24. The number of carboxylic acids is 1. The minimum atomic E-state index is -0.911. The number of halogens is 1. The second-order valence-electron chi connectivity index (χ2n) is 6.82. The van der Waals surface area contributed by atoms with Crippen molar-refractivity contribution in [1.82, 2.24) is 9.78 Å². The number of hydrogen-bond donors (Lipinski definition) is 2. The summed E-state index contributed by atoms with van der Waals surface area (Å²) in [6, 6.07) is 9.21. The molecule has 2 N–H and O–H groups in total. The Bertz CT molecular complexity index is 892. The summed E-state index contributed by atoms with van der Waals surface area (Å²) in [5.41, 5.74) is 0.930. The first-order valence-electron chi connectivity index (χ1n) is 8.52. The van der Waals surface area contributed by atoms with E-state index in [2.05, 4.69) is 10.4 Å². The number of allylic oxidation sites excluding steroid dienone is 2. The van der Waals surface area contributed by atoms with Gasteiger partial charge in [-0.1, -0.05) is 42.0 Å². The van der Waals surface area contributed by atoms with Gasteiger partial charge in [-0.2, -0.15) is 5.10 Å². The summed E-state index contributed by atoms with van der Waals surface area (Å²) in [5, 5.41) is 17.3. The summed E-state index contributed by atoms with van der Waals surface area (Å²) in [7, 11) is 0. The van der Waals surface area contributed by atoms with Gasteiger partial charge in [0.25, 0.3) is 0 Å². The number of anilines is 1. The lowest BCUT2D eigenvalue weighted by Gasteiger charge is -2.23. The van der Waals surface area contributed by atoms with Crippen LogP contribution in [-0.2, 0) is 16.1 Å². The van der Waals surface area contributed by atoms with Crippen molar-refractivity contribution in [3.05, 3.63) is 59.3 Å². The zero-order chi connectivity index (χ0) is 18.3. The Morgan fingerprint density at radius 3 is 2.65 bits per heavy atom. The lowest BCUT2D eigenvalue weighted by molar-refractivity contribution is -0.146. The van der Waals surface area contributed by atoms with E-state index in [-0.39, 0.29) is 17.7 Å². The van der Waals surface area contributed by atoms with Crippen molar-refractivity contribution in [2.24, 2.45) is 23.7 Å². The van der Waals surface area contributed by atoms with Gasteiger partial charge in [-0.25, -0.2) is 0 Å². The van der Waals surface area contributed by atoms with Gasteiger partial charge >= 0.3 is 5.97 Å². The van der Waals surface area contributed by atoms with Crippen molar-refractivity contribution in [3.8, 4) is 0 Å². The Labute approximate surface area is 155 Å². The number of carbonyl (C=O) groups excluding carboxylic acids is 1. The van der Waals surface area contributed by atoms with Crippen LogP contribution < -0.4 is 5.32 Å². The average molecular weight is 372 g/mol. The monoisotopic (exact) mass is 371 g/mol. The molecule has 1 amide bonds. The number of rotatable bonds is 5. The van der Waals surface area contributed by atoms with Crippen LogP contribution >= 0.6 is 11.6 Å². The zero-order valence-electron chi connectivity index (χ0n) is 13.9. The smallest absolute Gasteiger partial charge is 0.307 e. The zero-order valence-corrected chi connectivity index (χ0v) is 14.6. The molecule has 7 heteroatoms. The molecule has 0 saturated heterocycles. The van der Waals surface area contributed by atoms with Gasteiger partial charge in [-0.3, -0.25) is 14.3 Å². The lowest BCUT2D eigenvalue weighted by Crippen LogP contribution is -2.36. The van der Waals surface area contributed by atoms with Gasteiger partial charge in [-0.15, -0.1) is 0 Å². The van der Waals surface area contributed by atoms with Crippen LogP contribution in [0.15, 0.2) is 48.7 Å². The van der Waals surface area contributed by atoms with Crippen LogP contribution in [0.1, 0.15) is 12.0 Å². The predicted molar refractivity (Wildman–Crippen MR) is 96.8 cm³/mol. The molecule has 0 spiro atoms. The van der Waals surface area contributed by atoms with Gasteiger partial charge in [0, 0.05) is 17.3 Å². The van der Waals surface area contributed by atoms with Crippen molar-refractivity contribution in [2.45, 2.75) is 13.0 Å². The van der Waals surface area contributed by atoms with Crippen LogP contribution in [0, 0.1) is 23.7 Å². The van der Waals surface area contributed by atoms with Gasteiger partial charge in [0.2, 0.25) is 5.91 Å². The van der Waals surface area contributed by atoms with Crippen LogP contribution in [0.3, 0.4) is 0 Å². The lowest BCUT2D eigenvalue weighted by atomic mass is 9.82. The van der Waals surface area contributed by atoms with Crippen LogP contribution in [-0.4, -0.2) is 26.8 Å². The highest BCUT2D eigenvalue weighted by Crippen LogP contribution is 2.48. The highest BCUT2D eigenvalue weighted by atomic mass is 35.5. The molecule has 0 unspecified atom stereocenters. The van der Waals surface area contributed by atoms with Crippen LogP contribution in [0.5, 0.6) is 0 Å². The standard InChI is InChI=1S/C19H18ClN3O3/c20-14-4-2-1-3-13(14)10-23-8-7-15(22-23)21-18(24)16-11-5-6-12(9-11)17(16)19(25)26/h1-8,11-12,16-17H,9-10H2,(H,25,26)(H,21,22,24)/t11-,12+,16-,17+/m1/s1. The second-order valence-corrected chi connectivity index (χ2v) is 7.22. The number of benzene rings is 1. The summed E-state index contributed by atoms with van der Waals surface area (Å²) < 4.78 is 1.69. The molecule has 6 nitrogen and oxygen atoms in total. The van der Waals surface area contributed by atoms with Crippen molar-refractivity contribution < 1.29 is 14.7 Å². The maximum absolute atomic E-state index is 12.7. The highest BCUT2D eigenvalue weighted by Gasteiger charge is 2.51. The first kappa shape index (κ1) is 16.8. The van der Waals surface area contributed by atoms with Crippen molar-refractivity contribution >= 4 is 29.3 Å². The molecule has 1 heterocycles. The topological polar surface area (TPSA) is 84.2 Å². The van der Waals surface area contributed by atoms with E-state index in [1.54, 1.807) is 16.9 Å². The van der Waals surface area contributed by atoms with E-state index in [1.165, 1.54) is 0 Å². The Kier molecular flexibility index (Phi) is 4.28. The SMILES string of the molecule is O=C(O)[C@@H]1[C@H](C(=O)Nc2ccn(Cc3ccccc3Cl)n2)[C@@H]2C=C[C@H]1C2. The molecule has 1 aromatic carbocycles. The third-order valence-electron chi connectivity index (χ3n) is 5.23. The number of aromatic nitrogens is 2. The predicted octanol–water partition coefficient (Wildman–Crippen LogP) is 3.05. The molecular weight excluding hydrogens is 354 g/mol. The van der Waals surface area contributed by atoms with Gasteiger partial charge < -0.3 is 10.4 Å². The van der Waals surface area contributed by atoms with Crippen molar-refractivity contribution in [3.63, 3.8) is 0 Å². The van der Waals surface area contributed by atoms with Crippen LogP contribution in [0.4, 0.5) is 5.82 Å². The minimum absolute atomic E-state index is 0.00805. The largest absolute Gasteiger partial charge is 0.481 e. The summed E-state index contributed by atoms with van der Waals surface area (Å²) in [5.74, 6) is -2.04. The van der Waals surface area contributed by atoms with E-state index in [9.17, 15) is 14.7 Å². The first-order valence-corrected chi connectivity index (χ1v) is 8.89. The van der Waals surface area contributed by atoms with Crippen LogP contribution in [0.2, 0.25) is 5.02 Å². The van der Waals surface area contributed by atoms with E-state index >= 15 is 0 Å². The molecule has 2 aliphatic carbocycles. The van der Waals surface area contributed by atoms with E-state index in [1.807, 2.05) is 36.4 Å². The molecule has 1 fully saturated rings. The average Bonchev–Trinajstić information content (AvgIpc) is 3.32. The Morgan fingerprint density at radius 2 is 1.92 bits per heavy atom. The number of aliphatic carboxylic acids is 1.